The minimum Gasteiger partial charge on any atom is -0.484 e. The van der Waals surface area contributed by atoms with Gasteiger partial charge in [0.05, 0.1) is 11.6 Å². The summed E-state index contributed by atoms with van der Waals surface area (Å²) in [5.74, 6) is -0.906. The third kappa shape index (κ3) is 7.16. The fourth-order valence-corrected chi connectivity index (χ4v) is 2.44. The van der Waals surface area contributed by atoms with Crippen molar-refractivity contribution in [2.75, 3.05) is 19.8 Å². The molecule has 1 aromatic carbocycles. The number of halogens is 2. The van der Waals surface area contributed by atoms with Crippen LogP contribution in [-0.4, -0.2) is 37.7 Å². The summed E-state index contributed by atoms with van der Waals surface area (Å²) in [5, 5.41) is 5.23. The summed E-state index contributed by atoms with van der Waals surface area (Å²) in [7, 11) is 0. The molecule has 1 aliphatic rings. The lowest BCUT2D eigenvalue weighted by Crippen LogP contribution is -2.41. The number of rotatable bonds is 8. The third-order valence-electron chi connectivity index (χ3n) is 3.75. The van der Waals surface area contributed by atoms with Gasteiger partial charge in [0, 0.05) is 24.7 Å². The topological polar surface area (TPSA) is 85.9 Å². The standard InChI is InChI=1S/C18H22ClFN2O5/c1-11-7-16(27-26-9-11)18(24)21-6-5-12(2)22-17(23)10-25-13-3-4-14(19)15(20)8-13/h3-4,8,11,16H,2,5-7,9-10H2,1H3,(H,21,24)(H,22,23). The number of hydrogen-bond acceptors (Lipinski definition) is 5. The average Bonchev–Trinajstić information content (AvgIpc) is 2.62. The van der Waals surface area contributed by atoms with Gasteiger partial charge in [-0.3, -0.25) is 9.59 Å². The minimum absolute atomic E-state index is 0.0260. The van der Waals surface area contributed by atoms with E-state index in [-0.39, 0.29) is 35.7 Å². The summed E-state index contributed by atoms with van der Waals surface area (Å²) in [4.78, 5) is 33.6. The molecule has 27 heavy (non-hydrogen) atoms. The van der Waals surface area contributed by atoms with Crippen LogP contribution in [0.15, 0.2) is 30.5 Å². The van der Waals surface area contributed by atoms with Crippen molar-refractivity contribution in [2.24, 2.45) is 5.92 Å². The van der Waals surface area contributed by atoms with Gasteiger partial charge < -0.3 is 15.4 Å². The van der Waals surface area contributed by atoms with Crippen LogP contribution in [0, 0.1) is 11.7 Å². The predicted molar refractivity (Wildman–Crippen MR) is 96.4 cm³/mol. The van der Waals surface area contributed by atoms with Gasteiger partial charge in [-0.05, 0) is 24.5 Å². The lowest BCUT2D eigenvalue weighted by molar-refractivity contribution is -0.345. The van der Waals surface area contributed by atoms with Crippen molar-refractivity contribution in [3.05, 3.63) is 41.3 Å². The molecule has 0 radical (unpaired) electrons. The van der Waals surface area contributed by atoms with Gasteiger partial charge in [-0.1, -0.05) is 25.1 Å². The molecule has 1 aromatic rings. The highest BCUT2D eigenvalue weighted by atomic mass is 35.5. The molecule has 1 aliphatic heterocycles. The van der Waals surface area contributed by atoms with Gasteiger partial charge in [0.2, 0.25) is 0 Å². The molecular weight excluding hydrogens is 379 g/mol. The molecule has 2 amide bonds. The van der Waals surface area contributed by atoms with Crippen LogP contribution in [0.25, 0.3) is 0 Å². The first-order chi connectivity index (χ1) is 12.8. The fourth-order valence-electron chi connectivity index (χ4n) is 2.32. The Balaban J connectivity index is 1.63. The summed E-state index contributed by atoms with van der Waals surface area (Å²) in [6.45, 7) is 6.15. The smallest absolute Gasteiger partial charge is 0.262 e. The van der Waals surface area contributed by atoms with Gasteiger partial charge in [0.1, 0.15) is 11.6 Å². The van der Waals surface area contributed by atoms with E-state index in [2.05, 4.69) is 17.2 Å². The summed E-state index contributed by atoms with van der Waals surface area (Å²) in [5.41, 5.74) is 0.417. The van der Waals surface area contributed by atoms with Gasteiger partial charge in [0.15, 0.2) is 12.7 Å². The average molecular weight is 401 g/mol. The lowest BCUT2D eigenvalue weighted by atomic mass is 10.0. The zero-order valence-electron chi connectivity index (χ0n) is 14.9. The predicted octanol–water partition coefficient (Wildman–Crippen LogP) is 2.35. The molecule has 0 spiro atoms. The van der Waals surface area contributed by atoms with Crippen LogP contribution in [0.1, 0.15) is 19.8 Å². The van der Waals surface area contributed by atoms with Gasteiger partial charge in [-0.2, -0.15) is 0 Å². The number of nitrogens with one attached hydrogen (secondary N) is 2. The molecule has 2 atom stereocenters. The maximum atomic E-state index is 13.3. The van der Waals surface area contributed by atoms with Crippen LogP contribution in [0.5, 0.6) is 5.75 Å². The first-order valence-electron chi connectivity index (χ1n) is 8.46. The number of benzene rings is 1. The van der Waals surface area contributed by atoms with E-state index in [1.165, 1.54) is 12.1 Å². The Bertz CT molecular complexity index is 700. The van der Waals surface area contributed by atoms with E-state index < -0.39 is 17.8 Å². The molecule has 0 aromatic heterocycles. The highest BCUT2D eigenvalue weighted by molar-refractivity contribution is 6.30. The Morgan fingerprint density at radius 3 is 2.93 bits per heavy atom. The largest absolute Gasteiger partial charge is 0.484 e. The Kier molecular flexibility index (Phi) is 8.02. The van der Waals surface area contributed by atoms with E-state index in [0.29, 0.717) is 25.1 Å². The summed E-state index contributed by atoms with van der Waals surface area (Å²) in [6, 6.07) is 3.90. The SMILES string of the molecule is C=C(CCNC(=O)C1CC(C)COO1)NC(=O)COc1ccc(Cl)c(F)c1. The number of carbonyl (C=O) groups is 2. The van der Waals surface area contributed by atoms with Crippen molar-refractivity contribution in [1.29, 1.82) is 0 Å². The second-order valence-electron chi connectivity index (χ2n) is 6.27. The van der Waals surface area contributed by atoms with Crippen LogP contribution in [0.4, 0.5) is 4.39 Å². The van der Waals surface area contributed by atoms with Crippen LogP contribution >= 0.6 is 11.6 Å². The van der Waals surface area contributed by atoms with E-state index in [0.717, 1.165) is 6.07 Å². The fraction of sp³-hybridized carbons (Fsp3) is 0.444. The number of hydrogen-bond donors (Lipinski definition) is 2. The van der Waals surface area contributed by atoms with Crippen molar-refractivity contribution in [3.8, 4) is 5.75 Å². The summed E-state index contributed by atoms with van der Waals surface area (Å²) >= 11 is 5.57. The molecule has 1 fully saturated rings. The van der Waals surface area contributed by atoms with E-state index in [1.54, 1.807) is 0 Å². The second kappa shape index (κ2) is 10.2. The minimum atomic E-state index is -0.634. The molecule has 0 saturated carbocycles. The summed E-state index contributed by atoms with van der Waals surface area (Å²) < 4.78 is 18.5. The lowest BCUT2D eigenvalue weighted by Gasteiger charge is -2.25. The van der Waals surface area contributed by atoms with Crippen molar-refractivity contribution >= 4 is 23.4 Å². The van der Waals surface area contributed by atoms with Gasteiger partial charge >= 0.3 is 0 Å². The molecule has 0 bridgehead atoms. The first-order valence-corrected chi connectivity index (χ1v) is 8.84. The van der Waals surface area contributed by atoms with Gasteiger partial charge in [0.25, 0.3) is 11.8 Å². The maximum Gasteiger partial charge on any atom is 0.262 e. The van der Waals surface area contributed by atoms with Crippen LogP contribution in [-0.2, 0) is 19.4 Å². The van der Waals surface area contributed by atoms with E-state index >= 15 is 0 Å². The molecule has 9 heteroatoms. The van der Waals surface area contributed by atoms with E-state index in [4.69, 9.17) is 26.1 Å². The first kappa shape index (κ1) is 21.1. The van der Waals surface area contributed by atoms with Crippen LogP contribution in [0.3, 0.4) is 0 Å². The molecule has 2 unspecified atom stereocenters. The van der Waals surface area contributed by atoms with Crippen molar-refractivity contribution in [1.82, 2.24) is 10.6 Å². The molecule has 148 valence electrons. The maximum absolute atomic E-state index is 13.3. The highest BCUT2D eigenvalue weighted by Gasteiger charge is 2.27. The molecule has 1 saturated heterocycles. The molecule has 0 aliphatic carbocycles. The molecular formula is C18H22ClFN2O5. The molecule has 7 nitrogen and oxygen atoms in total. The molecule has 1 heterocycles. The number of amides is 2. The van der Waals surface area contributed by atoms with Crippen molar-refractivity contribution in [2.45, 2.75) is 25.9 Å². The van der Waals surface area contributed by atoms with Crippen molar-refractivity contribution in [3.63, 3.8) is 0 Å². The molecule has 2 N–H and O–H groups in total. The van der Waals surface area contributed by atoms with Crippen LogP contribution in [0.2, 0.25) is 5.02 Å². The molecule has 2 rings (SSSR count). The third-order valence-corrected chi connectivity index (χ3v) is 4.06. The Morgan fingerprint density at radius 1 is 1.44 bits per heavy atom. The zero-order valence-corrected chi connectivity index (χ0v) is 15.7. The summed E-state index contributed by atoms with van der Waals surface area (Å²) in [6.07, 6.45) is 0.298. The van der Waals surface area contributed by atoms with Crippen LogP contribution < -0.4 is 15.4 Å². The van der Waals surface area contributed by atoms with Gasteiger partial charge in [-0.25, -0.2) is 14.2 Å². The number of ether oxygens (including phenoxy) is 1. The van der Waals surface area contributed by atoms with Gasteiger partial charge in [-0.15, -0.1) is 0 Å². The second-order valence-corrected chi connectivity index (χ2v) is 6.67. The van der Waals surface area contributed by atoms with E-state index in [1.807, 2.05) is 6.92 Å². The highest BCUT2D eigenvalue weighted by Crippen LogP contribution is 2.20. The Labute approximate surface area is 161 Å². The van der Waals surface area contributed by atoms with E-state index in [9.17, 15) is 14.0 Å². The normalized spacial score (nSPS) is 19.2. The quantitative estimate of drug-likeness (QED) is 0.654. The van der Waals surface area contributed by atoms with Crippen molar-refractivity contribution < 1.29 is 28.5 Å². The Hall–Kier alpha value is -2.16. The monoisotopic (exact) mass is 400 g/mol. The zero-order chi connectivity index (χ0) is 19.8. The number of carbonyl (C=O) groups excluding carboxylic acids is 2. The Morgan fingerprint density at radius 2 is 2.22 bits per heavy atom.